The smallest absolute Gasteiger partial charge is 0.227 e. The van der Waals surface area contributed by atoms with Crippen molar-refractivity contribution in [3.63, 3.8) is 0 Å². The molecule has 2 aromatic carbocycles. The van der Waals surface area contributed by atoms with E-state index in [0.717, 1.165) is 35.9 Å². The van der Waals surface area contributed by atoms with Crippen LogP contribution in [0, 0.1) is 13.8 Å². The first-order valence-electron chi connectivity index (χ1n) is 8.94. The normalized spacial score (nSPS) is 17.4. The number of benzene rings is 2. The van der Waals surface area contributed by atoms with Crippen LogP contribution in [0.25, 0.3) is 11.0 Å². The lowest BCUT2D eigenvalue weighted by molar-refractivity contribution is -0.131. The van der Waals surface area contributed by atoms with Crippen LogP contribution in [-0.2, 0) is 11.2 Å². The third kappa shape index (κ3) is 3.07. The Balaban J connectivity index is 1.56. The van der Waals surface area contributed by atoms with E-state index >= 15 is 0 Å². The summed E-state index contributed by atoms with van der Waals surface area (Å²) in [6, 6.07) is 14.9. The Morgan fingerprint density at radius 1 is 1.12 bits per heavy atom. The van der Waals surface area contributed by atoms with Gasteiger partial charge in [-0.3, -0.25) is 4.79 Å². The molecule has 0 spiro atoms. The van der Waals surface area contributed by atoms with Crippen LogP contribution < -0.4 is 0 Å². The van der Waals surface area contributed by atoms with Crippen molar-refractivity contribution in [2.75, 3.05) is 6.54 Å². The summed E-state index contributed by atoms with van der Waals surface area (Å²) in [5.41, 5.74) is 5.50. The molecule has 3 heteroatoms. The fourth-order valence-electron chi connectivity index (χ4n) is 3.79. The predicted octanol–water partition coefficient (Wildman–Crippen LogP) is 4.96. The molecular formula is C22H23NO2. The van der Waals surface area contributed by atoms with Crippen molar-refractivity contribution in [2.24, 2.45) is 0 Å². The zero-order valence-corrected chi connectivity index (χ0v) is 14.8. The van der Waals surface area contributed by atoms with Gasteiger partial charge in [-0.1, -0.05) is 42.0 Å². The van der Waals surface area contributed by atoms with E-state index in [0.29, 0.717) is 6.42 Å². The predicted molar refractivity (Wildman–Crippen MR) is 99.5 cm³/mol. The molecule has 1 atom stereocenters. The maximum absolute atomic E-state index is 13.0. The molecule has 2 heterocycles. The largest absolute Gasteiger partial charge is 0.464 e. The van der Waals surface area contributed by atoms with E-state index in [9.17, 15) is 4.79 Å². The Bertz CT molecular complexity index is 907. The van der Waals surface area contributed by atoms with Crippen molar-refractivity contribution in [1.82, 2.24) is 4.90 Å². The Labute approximate surface area is 148 Å². The highest BCUT2D eigenvalue weighted by Crippen LogP contribution is 2.33. The van der Waals surface area contributed by atoms with Crippen molar-refractivity contribution < 1.29 is 9.21 Å². The maximum Gasteiger partial charge on any atom is 0.227 e. The second-order valence-electron chi connectivity index (χ2n) is 7.09. The molecule has 1 aliphatic heterocycles. The van der Waals surface area contributed by atoms with Gasteiger partial charge in [0, 0.05) is 17.5 Å². The number of fused-ring (bicyclic) bond motifs is 1. The maximum atomic E-state index is 13.0. The summed E-state index contributed by atoms with van der Waals surface area (Å²) < 4.78 is 5.65. The Morgan fingerprint density at radius 2 is 1.88 bits per heavy atom. The van der Waals surface area contributed by atoms with E-state index in [1.165, 1.54) is 16.7 Å². The molecule has 0 N–H and O–H groups in total. The van der Waals surface area contributed by atoms with Crippen molar-refractivity contribution in [2.45, 2.75) is 39.2 Å². The van der Waals surface area contributed by atoms with Gasteiger partial charge >= 0.3 is 0 Å². The van der Waals surface area contributed by atoms with E-state index in [-0.39, 0.29) is 11.9 Å². The molecule has 0 aliphatic carbocycles. The molecule has 3 aromatic rings. The second-order valence-corrected chi connectivity index (χ2v) is 7.09. The molecule has 1 saturated heterocycles. The number of carbonyl (C=O) groups excluding carboxylic acids is 1. The lowest BCUT2D eigenvalue weighted by Crippen LogP contribution is -2.31. The number of amides is 1. The molecule has 0 radical (unpaired) electrons. The summed E-state index contributed by atoms with van der Waals surface area (Å²) in [4.78, 5) is 15.0. The van der Waals surface area contributed by atoms with E-state index in [2.05, 4.69) is 43.3 Å². The number of hydrogen-bond acceptors (Lipinski definition) is 2. The molecule has 0 bridgehead atoms. The summed E-state index contributed by atoms with van der Waals surface area (Å²) in [7, 11) is 0. The number of carbonyl (C=O) groups is 1. The molecule has 25 heavy (non-hydrogen) atoms. The van der Waals surface area contributed by atoms with E-state index < -0.39 is 0 Å². The molecule has 1 aliphatic rings. The minimum absolute atomic E-state index is 0.186. The average Bonchev–Trinajstić information content (AvgIpc) is 3.23. The molecule has 1 unspecified atom stereocenters. The van der Waals surface area contributed by atoms with Crippen LogP contribution in [0.5, 0.6) is 0 Å². The van der Waals surface area contributed by atoms with Gasteiger partial charge in [-0.05, 0) is 43.9 Å². The van der Waals surface area contributed by atoms with Crippen LogP contribution in [0.15, 0.2) is 53.1 Å². The number of rotatable bonds is 3. The zero-order chi connectivity index (χ0) is 17.4. The van der Waals surface area contributed by atoms with Crippen molar-refractivity contribution in [1.29, 1.82) is 0 Å². The number of hydrogen-bond donors (Lipinski definition) is 0. The molecule has 128 valence electrons. The zero-order valence-electron chi connectivity index (χ0n) is 14.8. The van der Waals surface area contributed by atoms with Crippen molar-refractivity contribution >= 4 is 16.9 Å². The summed E-state index contributed by atoms with van der Waals surface area (Å²) in [5, 5.41) is 1.05. The minimum atomic E-state index is 0.186. The van der Waals surface area contributed by atoms with Gasteiger partial charge in [-0.25, -0.2) is 0 Å². The number of nitrogens with zero attached hydrogens (tertiary/aromatic N) is 1. The number of furan rings is 1. The Hall–Kier alpha value is -2.55. The summed E-state index contributed by atoms with van der Waals surface area (Å²) in [6.07, 6.45) is 4.24. The number of aryl methyl sites for hydroxylation is 2. The van der Waals surface area contributed by atoms with Crippen LogP contribution in [0.4, 0.5) is 0 Å². The molecule has 1 fully saturated rings. The van der Waals surface area contributed by atoms with E-state index in [1.54, 1.807) is 6.26 Å². The third-order valence-electron chi connectivity index (χ3n) is 5.19. The van der Waals surface area contributed by atoms with E-state index in [1.807, 2.05) is 17.9 Å². The fraction of sp³-hybridized carbons (Fsp3) is 0.318. The first-order chi connectivity index (χ1) is 12.1. The van der Waals surface area contributed by atoms with Gasteiger partial charge in [-0.2, -0.15) is 0 Å². The van der Waals surface area contributed by atoms with Crippen LogP contribution >= 0.6 is 0 Å². The lowest BCUT2D eigenvalue weighted by atomic mass is 10.0. The highest BCUT2D eigenvalue weighted by Gasteiger charge is 2.30. The van der Waals surface area contributed by atoms with Crippen LogP contribution in [0.2, 0.25) is 0 Å². The van der Waals surface area contributed by atoms with Gasteiger partial charge in [0.05, 0.1) is 18.7 Å². The summed E-state index contributed by atoms with van der Waals surface area (Å²) in [5.74, 6) is 0.186. The van der Waals surface area contributed by atoms with E-state index in [4.69, 9.17) is 4.42 Å². The lowest BCUT2D eigenvalue weighted by Gasteiger charge is -2.25. The third-order valence-corrected chi connectivity index (χ3v) is 5.19. The van der Waals surface area contributed by atoms with Gasteiger partial charge in [0.1, 0.15) is 5.58 Å². The van der Waals surface area contributed by atoms with Crippen molar-refractivity contribution in [3.8, 4) is 0 Å². The number of likely N-dealkylation sites (tertiary alicyclic amines) is 1. The van der Waals surface area contributed by atoms with Gasteiger partial charge in [-0.15, -0.1) is 0 Å². The van der Waals surface area contributed by atoms with Crippen LogP contribution in [0.1, 0.15) is 41.1 Å². The Morgan fingerprint density at radius 3 is 2.68 bits per heavy atom. The highest BCUT2D eigenvalue weighted by molar-refractivity contribution is 5.88. The second kappa shape index (κ2) is 6.40. The van der Waals surface area contributed by atoms with Gasteiger partial charge in [0.15, 0.2) is 0 Å². The van der Waals surface area contributed by atoms with Gasteiger partial charge in [0.25, 0.3) is 0 Å². The first-order valence-corrected chi connectivity index (χ1v) is 8.94. The first kappa shape index (κ1) is 15.9. The average molecular weight is 333 g/mol. The SMILES string of the molecule is Cc1ccc(C2CCCN2C(=O)Cc2coc3cc(C)ccc23)cc1. The molecule has 1 aromatic heterocycles. The van der Waals surface area contributed by atoms with Crippen molar-refractivity contribution in [3.05, 3.63) is 71.0 Å². The quantitative estimate of drug-likeness (QED) is 0.679. The Kier molecular flexibility index (Phi) is 4.08. The molecule has 0 saturated carbocycles. The van der Waals surface area contributed by atoms with Crippen LogP contribution in [0.3, 0.4) is 0 Å². The summed E-state index contributed by atoms with van der Waals surface area (Å²) in [6.45, 7) is 4.97. The fourth-order valence-corrected chi connectivity index (χ4v) is 3.79. The van der Waals surface area contributed by atoms with Gasteiger partial charge < -0.3 is 9.32 Å². The summed E-state index contributed by atoms with van der Waals surface area (Å²) >= 11 is 0. The molecule has 1 amide bonds. The van der Waals surface area contributed by atoms with Gasteiger partial charge in [0.2, 0.25) is 5.91 Å². The minimum Gasteiger partial charge on any atom is -0.464 e. The topological polar surface area (TPSA) is 33.5 Å². The molecule has 4 rings (SSSR count). The molecule has 3 nitrogen and oxygen atoms in total. The van der Waals surface area contributed by atoms with Crippen LogP contribution in [-0.4, -0.2) is 17.4 Å². The standard InChI is InChI=1S/C22H23NO2/c1-15-5-8-17(9-6-15)20-4-3-11-23(20)22(24)13-18-14-25-21-12-16(2)7-10-19(18)21/h5-10,12,14,20H,3-4,11,13H2,1-2H3. The molecular weight excluding hydrogens is 310 g/mol. The monoisotopic (exact) mass is 333 g/mol. The highest BCUT2D eigenvalue weighted by atomic mass is 16.3.